The zero-order valence-electron chi connectivity index (χ0n) is 35.3. The minimum Gasteiger partial charge on any atom is -0.376 e. The minimum absolute atomic E-state index is 0.101. The van der Waals surface area contributed by atoms with Crippen molar-refractivity contribution in [3.05, 3.63) is 124 Å². The highest BCUT2D eigenvalue weighted by molar-refractivity contribution is 7.99. The van der Waals surface area contributed by atoms with Crippen molar-refractivity contribution in [2.45, 2.75) is 62.3 Å². The van der Waals surface area contributed by atoms with E-state index < -0.39 is 14.9 Å². The second-order valence-corrected chi connectivity index (χ2v) is 20.0. The third kappa shape index (κ3) is 11.4. The number of nitro benzene ring substituents is 1. The maximum absolute atomic E-state index is 13.8. The molecular formula is C46H55ClN8O4S2. The predicted molar refractivity (Wildman–Crippen MR) is 250 cm³/mol. The standard InChI is InChI=1S/C46H55ClN8O4S2/c1-5-52(4)22-20-36(31-60-38-9-7-6-8-10-38)50-42-18-16-39(28-44(42)55(56)57)61(58,59)51-45-41-17-15-37(27-43(41)48-32-49-45)54-25-23-53(24-26-54)30-34-29-46(2,3)21-19-40(34)33-11-13-35(47)14-12-33/h6-18,27-28,32,36,50H,5,19-26,29-31H2,1-4H3,(H,48,49,51)/t36-/m1/s1. The van der Waals surface area contributed by atoms with E-state index in [4.69, 9.17) is 11.6 Å². The van der Waals surface area contributed by atoms with E-state index in [1.54, 1.807) is 11.8 Å². The average Bonchev–Trinajstić information content (AvgIpc) is 3.25. The molecule has 322 valence electrons. The van der Waals surface area contributed by atoms with Crippen LogP contribution in [0.2, 0.25) is 5.02 Å². The highest BCUT2D eigenvalue weighted by Gasteiger charge is 2.30. The number of halogens is 1. The molecule has 15 heteroatoms. The van der Waals surface area contributed by atoms with Gasteiger partial charge in [-0.15, -0.1) is 11.8 Å². The molecule has 0 unspecified atom stereocenters. The van der Waals surface area contributed by atoms with Gasteiger partial charge in [-0.2, -0.15) is 0 Å². The number of hydrogen-bond acceptors (Lipinski definition) is 11. The number of benzene rings is 4. The molecule has 1 aliphatic carbocycles. The van der Waals surface area contributed by atoms with Crippen LogP contribution in [-0.2, 0) is 10.0 Å². The van der Waals surface area contributed by atoms with Crippen LogP contribution in [0.3, 0.4) is 0 Å². The van der Waals surface area contributed by atoms with Crippen LogP contribution in [0, 0.1) is 15.5 Å². The molecule has 1 fully saturated rings. The number of nitro groups is 1. The Hall–Kier alpha value is -4.73. The normalized spacial score (nSPS) is 16.5. The molecule has 61 heavy (non-hydrogen) atoms. The first-order valence-electron chi connectivity index (χ1n) is 20.9. The molecule has 2 aliphatic rings. The van der Waals surface area contributed by atoms with Gasteiger partial charge >= 0.3 is 0 Å². The van der Waals surface area contributed by atoms with Crippen molar-refractivity contribution in [2.24, 2.45) is 5.41 Å². The Kier molecular flexibility index (Phi) is 14.2. The van der Waals surface area contributed by atoms with Gasteiger partial charge in [0.2, 0.25) is 0 Å². The van der Waals surface area contributed by atoms with E-state index in [9.17, 15) is 18.5 Å². The van der Waals surface area contributed by atoms with Gasteiger partial charge < -0.3 is 15.1 Å². The van der Waals surface area contributed by atoms with E-state index in [1.165, 1.54) is 35.2 Å². The summed E-state index contributed by atoms with van der Waals surface area (Å²) in [6.45, 7) is 12.9. The van der Waals surface area contributed by atoms with E-state index >= 15 is 0 Å². The number of nitrogens with zero attached hydrogens (tertiary/aromatic N) is 6. The van der Waals surface area contributed by atoms with E-state index in [2.05, 4.69) is 67.6 Å². The number of sulfonamides is 1. The predicted octanol–water partition coefficient (Wildman–Crippen LogP) is 9.69. The summed E-state index contributed by atoms with van der Waals surface area (Å²) in [4.78, 5) is 28.5. The number of piperazine rings is 1. The molecule has 4 aromatic carbocycles. The number of allylic oxidation sites excluding steroid dienone is 1. The van der Waals surface area contributed by atoms with Gasteiger partial charge in [-0.25, -0.2) is 18.4 Å². The lowest BCUT2D eigenvalue weighted by atomic mass is 9.73. The fraction of sp³-hybridized carbons (Fsp3) is 0.391. The van der Waals surface area contributed by atoms with Crippen LogP contribution in [0.15, 0.2) is 113 Å². The quantitative estimate of drug-likeness (QED) is 0.0525. The van der Waals surface area contributed by atoms with Crippen molar-refractivity contribution in [3.8, 4) is 0 Å². The molecule has 0 saturated carbocycles. The number of aromatic nitrogens is 2. The Balaban J connectivity index is 1.03. The first kappa shape index (κ1) is 44.3. The minimum atomic E-state index is -4.27. The molecule has 12 nitrogen and oxygen atoms in total. The zero-order chi connectivity index (χ0) is 43.1. The molecule has 1 aliphatic heterocycles. The molecule has 5 aromatic rings. The molecule has 0 radical (unpaired) electrons. The van der Waals surface area contributed by atoms with Gasteiger partial charge in [-0.1, -0.05) is 68.3 Å². The Morgan fingerprint density at radius 1 is 0.984 bits per heavy atom. The number of anilines is 3. The van der Waals surface area contributed by atoms with Crippen molar-refractivity contribution >= 4 is 72.7 Å². The van der Waals surface area contributed by atoms with Crippen molar-refractivity contribution < 1.29 is 13.3 Å². The van der Waals surface area contributed by atoms with Crippen LogP contribution < -0.4 is 14.9 Å². The summed E-state index contributed by atoms with van der Waals surface area (Å²) in [5.74, 6) is 0.771. The van der Waals surface area contributed by atoms with Crippen molar-refractivity contribution in [1.82, 2.24) is 19.8 Å². The fourth-order valence-electron chi connectivity index (χ4n) is 8.12. The van der Waals surface area contributed by atoms with Gasteiger partial charge in [0, 0.05) is 71.6 Å². The van der Waals surface area contributed by atoms with Crippen LogP contribution in [-0.4, -0.2) is 97.8 Å². The lowest BCUT2D eigenvalue weighted by molar-refractivity contribution is -0.384. The number of rotatable bonds is 17. The molecule has 1 atom stereocenters. The monoisotopic (exact) mass is 882 g/mol. The lowest BCUT2D eigenvalue weighted by Gasteiger charge is -2.39. The number of thioether (sulfide) groups is 1. The van der Waals surface area contributed by atoms with Crippen LogP contribution in [0.4, 0.5) is 22.9 Å². The summed E-state index contributed by atoms with van der Waals surface area (Å²) < 4.78 is 30.2. The number of hydrogen-bond donors (Lipinski definition) is 2. The summed E-state index contributed by atoms with van der Waals surface area (Å²) >= 11 is 7.89. The van der Waals surface area contributed by atoms with Crippen LogP contribution in [0.1, 0.15) is 52.0 Å². The molecule has 0 bridgehead atoms. The summed E-state index contributed by atoms with van der Waals surface area (Å²) in [5, 5.41) is 17.0. The number of fused-ring (bicyclic) bond motifs is 1. The summed E-state index contributed by atoms with van der Waals surface area (Å²) in [5.41, 5.74) is 6.04. The van der Waals surface area contributed by atoms with E-state index in [0.29, 0.717) is 16.7 Å². The Labute approximate surface area is 369 Å². The molecule has 2 N–H and O–H groups in total. The van der Waals surface area contributed by atoms with Crippen LogP contribution in [0.25, 0.3) is 16.5 Å². The summed E-state index contributed by atoms with van der Waals surface area (Å²) in [6, 6.07) is 27.9. The lowest BCUT2D eigenvalue weighted by Crippen LogP contribution is -2.47. The van der Waals surface area contributed by atoms with Gasteiger partial charge in [0.25, 0.3) is 15.7 Å². The van der Waals surface area contributed by atoms with Gasteiger partial charge in [0.05, 0.1) is 15.3 Å². The second kappa shape index (κ2) is 19.5. The first-order chi connectivity index (χ1) is 29.3. The molecular weight excluding hydrogens is 828 g/mol. The molecule has 0 amide bonds. The van der Waals surface area contributed by atoms with Gasteiger partial charge in [-0.3, -0.25) is 19.7 Å². The zero-order valence-corrected chi connectivity index (χ0v) is 37.7. The maximum Gasteiger partial charge on any atom is 0.293 e. The van der Waals surface area contributed by atoms with Crippen LogP contribution >= 0.6 is 23.4 Å². The van der Waals surface area contributed by atoms with E-state index in [0.717, 1.165) is 93.2 Å². The Bertz CT molecular complexity index is 2460. The van der Waals surface area contributed by atoms with Gasteiger partial charge in [0.15, 0.2) is 5.82 Å². The van der Waals surface area contributed by atoms with Crippen molar-refractivity contribution in [1.29, 1.82) is 0 Å². The molecule has 0 spiro atoms. The summed E-state index contributed by atoms with van der Waals surface area (Å²) in [7, 11) is -2.23. The van der Waals surface area contributed by atoms with Crippen molar-refractivity contribution in [2.75, 3.05) is 73.6 Å². The average molecular weight is 884 g/mol. The van der Waals surface area contributed by atoms with E-state index in [-0.39, 0.29) is 33.5 Å². The summed E-state index contributed by atoms with van der Waals surface area (Å²) in [6.07, 6.45) is 5.38. The fourth-order valence-corrected chi connectivity index (χ4v) is 10.3. The molecule has 7 rings (SSSR count). The molecule has 2 heterocycles. The SMILES string of the molecule is CCN(C)CC[C@H](CSc1ccccc1)Nc1ccc(S(=O)(=O)Nc2ncnc3cc(N4CCN(CC5=C(c6ccc(Cl)cc6)CCC(C)(C)C5)CC4)ccc23)cc1[N+](=O)[O-]. The highest BCUT2D eigenvalue weighted by atomic mass is 35.5. The van der Waals surface area contributed by atoms with Gasteiger partial charge in [0.1, 0.15) is 12.0 Å². The topological polar surface area (TPSA) is 137 Å². The highest BCUT2D eigenvalue weighted by Crippen LogP contribution is 2.43. The Morgan fingerprint density at radius 3 is 2.46 bits per heavy atom. The third-order valence-corrected chi connectivity index (χ3v) is 14.6. The van der Waals surface area contributed by atoms with Crippen LogP contribution in [0.5, 0.6) is 0 Å². The maximum atomic E-state index is 13.8. The first-order valence-corrected chi connectivity index (χ1v) is 23.7. The molecule has 1 aromatic heterocycles. The van der Waals surface area contributed by atoms with E-state index in [1.807, 2.05) is 67.7 Å². The van der Waals surface area contributed by atoms with Gasteiger partial charge in [-0.05, 0) is 117 Å². The molecule has 1 saturated heterocycles. The van der Waals surface area contributed by atoms with Crippen molar-refractivity contribution in [3.63, 3.8) is 0 Å². The Morgan fingerprint density at radius 2 is 1.74 bits per heavy atom. The second-order valence-electron chi connectivity index (χ2n) is 16.8. The third-order valence-electron chi connectivity index (χ3n) is 11.8. The number of nitrogens with one attached hydrogen (secondary N) is 2. The largest absolute Gasteiger partial charge is 0.376 e. The smallest absolute Gasteiger partial charge is 0.293 e.